The van der Waals surface area contributed by atoms with Crippen LogP contribution in [0.3, 0.4) is 0 Å². The van der Waals surface area contributed by atoms with Gasteiger partial charge in [0.25, 0.3) is 11.8 Å². The number of rotatable bonds is 3. The molecule has 3 aliphatic heterocycles. The van der Waals surface area contributed by atoms with Crippen molar-refractivity contribution in [2.45, 2.75) is 11.4 Å². The second kappa shape index (κ2) is 5.74. The Balaban J connectivity index is 1.50. The number of esters is 1. The van der Waals surface area contributed by atoms with E-state index in [0.717, 1.165) is 16.9 Å². The smallest absolute Gasteiger partial charge is 0.355 e. The Hall–Kier alpha value is -2.60. The summed E-state index contributed by atoms with van der Waals surface area (Å²) in [5, 5.41) is 15.9. The summed E-state index contributed by atoms with van der Waals surface area (Å²) in [6, 6.07) is -0.826. The molecule has 4 rings (SSSR count). The zero-order chi connectivity index (χ0) is 17.7. The van der Waals surface area contributed by atoms with Crippen molar-refractivity contribution in [3.8, 4) is 0 Å². The summed E-state index contributed by atoms with van der Waals surface area (Å²) in [6.45, 7) is 0.196. The number of amides is 2. The molecule has 0 spiro atoms. The standard InChI is InChI=1S/C13H11N5O5S2/c14-13-15-5(3-25-13)6(17-22)9(19)16-7-10(20)18-8-4(1-23-12(8)21)2-24-11(7)18/h3,7,11,22H,1-2H2,(H2,14,15)(H,16,19)/b17-6-/t7-,11-/m1/s1. The van der Waals surface area contributed by atoms with Gasteiger partial charge in [0.05, 0.1) is 0 Å². The van der Waals surface area contributed by atoms with Crippen molar-refractivity contribution < 1.29 is 24.3 Å². The van der Waals surface area contributed by atoms with Crippen LogP contribution in [0.4, 0.5) is 5.13 Å². The molecule has 2 amide bonds. The maximum absolute atomic E-state index is 12.4. The molecule has 0 aliphatic carbocycles. The number of hydrogen-bond acceptors (Lipinski definition) is 10. The van der Waals surface area contributed by atoms with Crippen LogP contribution < -0.4 is 11.1 Å². The maximum atomic E-state index is 12.4. The van der Waals surface area contributed by atoms with Gasteiger partial charge >= 0.3 is 5.97 Å². The zero-order valence-corrected chi connectivity index (χ0v) is 14.1. The molecule has 0 aromatic carbocycles. The van der Waals surface area contributed by atoms with Gasteiger partial charge in [-0.3, -0.25) is 14.5 Å². The molecule has 0 unspecified atom stereocenters. The monoisotopic (exact) mass is 381 g/mol. The molecule has 12 heteroatoms. The van der Waals surface area contributed by atoms with Crippen molar-refractivity contribution in [3.63, 3.8) is 0 Å². The Morgan fingerprint density at radius 3 is 3.00 bits per heavy atom. The molecule has 0 saturated carbocycles. The molecule has 0 bridgehead atoms. The van der Waals surface area contributed by atoms with Gasteiger partial charge < -0.3 is 21.0 Å². The molecule has 25 heavy (non-hydrogen) atoms. The zero-order valence-electron chi connectivity index (χ0n) is 12.5. The summed E-state index contributed by atoms with van der Waals surface area (Å²) in [4.78, 5) is 41.7. The Kier molecular flexibility index (Phi) is 3.65. The normalized spacial score (nSPS) is 25.3. The Bertz CT molecular complexity index is 863. The molecular weight excluding hydrogens is 370 g/mol. The van der Waals surface area contributed by atoms with Gasteiger partial charge in [-0.2, -0.15) is 0 Å². The summed E-state index contributed by atoms with van der Waals surface area (Å²) >= 11 is 2.52. The maximum Gasteiger partial charge on any atom is 0.355 e. The predicted molar refractivity (Wildman–Crippen MR) is 87.9 cm³/mol. The van der Waals surface area contributed by atoms with Crippen LogP contribution in [0.5, 0.6) is 0 Å². The number of nitrogen functional groups attached to an aromatic ring is 1. The summed E-state index contributed by atoms with van der Waals surface area (Å²) in [7, 11) is 0. The summed E-state index contributed by atoms with van der Waals surface area (Å²) in [5.41, 5.74) is 6.35. The third-order valence-electron chi connectivity index (χ3n) is 3.98. The van der Waals surface area contributed by atoms with Crippen molar-refractivity contribution in [2.75, 3.05) is 18.1 Å². The van der Waals surface area contributed by atoms with E-state index >= 15 is 0 Å². The first-order chi connectivity index (χ1) is 12.0. The summed E-state index contributed by atoms with van der Waals surface area (Å²) in [5.74, 6) is -1.13. The van der Waals surface area contributed by atoms with E-state index in [4.69, 9.17) is 15.7 Å². The largest absolute Gasteiger partial charge is 0.456 e. The van der Waals surface area contributed by atoms with E-state index in [1.165, 1.54) is 22.0 Å². The van der Waals surface area contributed by atoms with E-state index in [2.05, 4.69) is 15.5 Å². The molecular formula is C13H11N5O5S2. The number of cyclic esters (lactones) is 1. The quantitative estimate of drug-likeness (QED) is 0.201. The molecule has 4 heterocycles. The number of nitrogens with zero attached hydrogens (tertiary/aromatic N) is 3. The number of nitrogens with one attached hydrogen (secondary N) is 1. The van der Waals surface area contributed by atoms with Gasteiger partial charge in [0.15, 0.2) is 10.8 Å². The van der Waals surface area contributed by atoms with Gasteiger partial charge in [0.2, 0.25) is 0 Å². The third-order valence-corrected chi connectivity index (χ3v) is 6.00. The number of carbonyl (C=O) groups excluding carboxylic acids is 3. The second-order valence-electron chi connectivity index (χ2n) is 5.41. The molecule has 2 atom stereocenters. The van der Waals surface area contributed by atoms with Crippen LogP contribution in [0.2, 0.25) is 0 Å². The van der Waals surface area contributed by atoms with Crippen molar-refractivity contribution in [2.24, 2.45) is 5.16 Å². The van der Waals surface area contributed by atoms with Crippen molar-refractivity contribution in [1.29, 1.82) is 0 Å². The van der Waals surface area contributed by atoms with E-state index in [9.17, 15) is 14.4 Å². The van der Waals surface area contributed by atoms with Crippen LogP contribution in [0.15, 0.2) is 21.8 Å². The first-order valence-corrected chi connectivity index (χ1v) is 9.02. The lowest BCUT2D eigenvalue weighted by molar-refractivity contribution is -0.150. The van der Waals surface area contributed by atoms with Crippen LogP contribution in [0.25, 0.3) is 0 Å². The highest BCUT2D eigenvalue weighted by Crippen LogP contribution is 2.42. The number of fused-ring (bicyclic) bond motifs is 2. The highest BCUT2D eigenvalue weighted by Gasteiger charge is 2.55. The van der Waals surface area contributed by atoms with E-state index in [-0.39, 0.29) is 28.8 Å². The average Bonchev–Trinajstić information content (AvgIpc) is 3.18. The molecule has 130 valence electrons. The number of thioether (sulfide) groups is 1. The lowest BCUT2D eigenvalue weighted by Crippen LogP contribution is -2.70. The molecule has 4 N–H and O–H groups in total. The molecule has 3 aliphatic rings. The lowest BCUT2D eigenvalue weighted by Gasteiger charge is -2.48. The number of carbonyl (C=O) groups is 3. The number of ether oxygens (including phenoxy) is 1. The molecule has 0 radical (unpaired) electrons. The molecule has 1 fully saturated rings. The van der Waals surface area contributed by atoms with Crippen LogP contribution >= 0.6 is 23.1 Å². The highest BCUT2D eigenvalue weighted by atomic mass is 32.2. The van der Waals surface area contributed by atoms with Crippen LogP contribution in [-0.4, -0.2) is 62.4 Å². The number of β-lactam (4-membered cyclic amide) rings is 1. The molecule has 10 nitrogen and oxygen atoms in total. The van der Waals surface area contributed by atoms with Crippen molar-refractivity contribution in [3.05, 3.63) is 22.3 Å². The minimum Gasteiger partial charge on any atom is -0.456 e. The van der Waals surface area contributed by atoms with Gasteiger partial charge in [-0.25, -0.2) is 9.78 Å². The Morgan fingerprint density at radius 1 is 1.52 bits per heavy atom. The topological polar surface area (TPSA) is 147 Å². The molecule has 1 aromatic rings. The third kappa shape index (κ3) is 2.36. The Labute approximate surface area is 148 Å². The fourth-order valence-corrected chi connectivity index (χ4v) is 4.70. The minimum absolute atomic E-state index is 0.117. The summed E-state index contributed by atoms with van der Waals surface area (Å²) in [6.07, 6.45) is 0. The van der Waals surface area contributed by atoms with Crippen LogP contribution in [0, 0.1) is 0 Å². The SMILES string of the molecule is Nc1nc(/C(=N/O)C(=O)N[C@@H]2C(=O)N3C4=C(COC4=O)CS[C@H]23)cs1. The fraction of sp³-hybridized carbons (Fsp3) is 0.308. The lowest BCUT2D eigenvalue weighted by atomic mass is 10.0. The van der Waals surface area contributed by atoms with Crippen LogP contribution in [0.1, 0.15) is 5.69 Å². The number of aromatic nitrogens is 1. The van der Waals surface area contributed by atoms with E-state index in [1.807, 2.05) is 0 Å². The van der Waals surface area contributed by atoms with Gasteiger partial charge in [-0.1, -0.05) is 5.16 Å². The van der Waals surface area contributed by atoms with Crippen molar-refractivity contribution >= 4 is 51.7 Å². The number of hydrogen-bond donors (Lipinski definition) is 3. The molecule has 1 aromatic heterocycles. The second-order valence-corrected chi connectivity index (χ2v) is 7.40. The van der Waals surface area contributed by atoms with E-state index in [1.54, 1.807) is 0 Å². The summed E-state index contributed by atoms with van der Waals surface area (Å²) < 4.78 is 4.95. The minimum atomic E-state index is -0.826. The molecule has 1 saturated heterocycles. The van der Waals surface area contributed by atoms with Gasteiger partial charge in [0.1, 0.15) is 29.4 Å². The number of nitrogens with two attached hydrogens (primary N) is 1. The first-order valence-electron chi connectivity index (χ1n) is 7.09. The average molecular weight is 381 g/mol. The predicted octanol–water partition coefficient (Wildman–Crippen LogP) is -0.886. The fourth-order valence-electron chi connectivity index (χ4n) is 2.82. The van der Waals surface area contributed by atoms with Crippen molar-refractivity contribution in [1.82, 2.24) is 15.2 Å². The highest BCUT2D eigenvalue weighted by molar-refractivity contribution is 8.00. The van der Waals surface area contributed by atoms with E-state index < -0.39 is 29.2 Å². The first kappa shape index (κ1) is 15.9. The van der Waals surface area contributed by atoms with Gasteiger partial charge in [0, 0.05) is 16.7 Å². The van der Waals surface area contributed by atoms with Crippen LogP contribution in [-0.2, 0) is 19.1 Å². The Morgan fingerprint density at radius 2 is 2.32 bits per heavy atom. The van der Waals surface area contributed by atoms with Gasteiger partial charge in [-0.15, -0.1) is 23.1 Å². The van der Waals surface area contributed by atoms with Gasteiger partial charge in [-0.05, 0) is 0 Å². The number of anilines is 1. The van der Waals surface area contributed by atoms with E-state index in [0.29, 0.717) is 5.75 Å². The number of thiazole rings is 1. The number of oxime groups is 1.